The van der Waals surface area contributed by atoms with Gasteiger partial charge in [0.05, 0.1) is 0 Å². The van der Waals surface area contributed by atoms with E-state index in [-0.39, 0.29) is 12.5 Å². The largest absolute Gasteiger partial charge is 0.337 e. The Bertz CT molecular complexity index is 711. The first-order valence-electron chi connectivity index (χ1n) is 8.32. The van der Waals surface area contributed by atoms with Crippen LogP contribution in [0.3, 0.4) is 0 Å². The SMILES string of the molecule is C=C(C)CN(CC)C(=O)CN1C(=O)NC(C)(c2ccc(C)cc2)C1=O. The number of rotatable bonds is 6. The Hall–Kier alpha value is -2.63. The number of amides is 4. The van der Waals surface area contributed by atoms with Gasteiger partial charge >= 0.3 is 6.03 Å². The molecule has 0 saturated carbocycles. The van der Waals surface area contributed by atoms with Crippen LogP contribution in [-0.4, -0.2) is 47.3 Å². The molecule has 0 radical (unpaired) electrons. The molecule has 0 bridgehead atoms. The molecule has 2 rings (SSSR count). The molecule has 1 atom stereocenters. The Labute approximate surface area is 148 Å². The fourth-order valence-corrected chi connectivity index (χ4v) is 2.86. The van der Waals surface area contributed by atoms with E-state index in [1.165, 1.54) is 0 Å². The van der Waals surface area contributed by atoms with Crippen molar-refractivity contribution in [2.75, 3.05) is 19.6 Å². The van der Waals surface area contributed by atoms with Gasteiger partial charge in [-0.25, -0.2) is 4.79 Å². The minimum Gasteiger partial charge on any atom is -0.337 e. The summed E-state index contributed by atoms with van der Waals surface area (Å²) in [5.41, 5.74) is 1.45. The van der Waals surface area contributed by atoms with Crippen molar-refractivity contribution in [2.45, 2.75) is 33.2 Å². The number of carbonyl (C=O) groups excluding carboxylic acids is 3. The summed E-state index contributed by atoms with van der Waals surface area (Å²) >= 11 is 0. The van der Waals surface area contributed by atoms with Crippen LogP contribution in [0.25, 0.3) is 0 Å². The summed E-state index contributed by atoms with van der Waals surface area (Å²) in [4.78, 5) is 40.2. The molecule has 6 nitrogen and oxygen atoms in total. The first-order chi connectivity index (χ1) is 11.7. The normalized spacial score (nSPS) is 19.8. The molecule has 1 fully saturated rings. The van der Waals surface area contributed by atoms with Gasteiger partial charge in [0.25, 0.3) is 5.91 Å². The number of likely N-dealkylation sites (N-methyl/N-ethyl adjacent to an activating group) is 1. The van der Waals surface area contributed by atoms with Crippen LogP contribution in [0.2, 0.25) is 0 Å². The molecule has 134 valence electrons. The lowest BCUT2D eigenvalue weighted by Gasteiger charge is -2.24. The lowest BCUT2D eigenvalue weighted by Crippen LogP contribution is -2.44. The van der Waals surface area contributed by atoms with E-state index in [0.717, 1.165) is 16.0 Å². The van der Waals surface area contributed by atoms with Gasteiger partial charge in [-0.2, -0.15) is 0 Å². The van der Waals surface area contributed by atoms with E-state index in [2.05, 4.69) is 11.9 Å². The van der Waals surface area contributed by atoms with Gasteiger partial charge in [-0.15, -0.1) is 0 Å². The maximum Gasteiger partial charge on any atom is 0.325 e. The number of hydrogen-bond acceptors (Lipinski definition) is 3. The van der Waals surface area contributed by atoms with Crippen LogP contribution >= 0.6 is 0 Å². The predicted molar refractivity (Wildman–Crippen MR) is 95.8 cm³/mol. The molecule has 4 amide bonds. The minimum absolute atomic E-state index is 0.271. The Balaban J connectivity index is 2.19. The molecule has 1 N–H and O–H groups in total. The summed E-state index contributed by atoms with van der Waals surface area (Å²) < 4.78 is 0. The van der Waals surface area contributed by atoms with E-state index in [4.69, 9.17) is 0 Å². The molecule has 1 saturated heterocycles. The van der Waals surface area contributed by atoms with E-state index in [1.54, 1.807) is 11.8 Å². The molecular weight excluding hydrogens is 318 g/mol. The van der Waals surface area contributed by atoms with Crippen molar-refractivity contribution in [1.29, 1.82) is 0 Å². The molecule has 0 spiro atoms. The molecule has 0 aromatic heterocycles. The zero-order valence-corrected chi connectivity index (χ0v) is 15.3. The number of aryl methyl sites for hydroxylation is 1. The van der Waals surface area contributed by atoms with Crippen LogP contribution in [0.4, 0.5) is 4.79 Å². The average molecular weight is 343 g/mol. The molecule has 1 aliphatic rings. The van der Waals surface area contributed by atoms with Crippen molar-refractivity contribution in [2.24, 2.45) is 0 Å². The second-order valence-corrected chi connectivity index (χ2v) is 6.68. The fraction of sp³-hybridized carbons (Fsp3) is 0.421. The number of hydrogen-bond donors (Lipinski definition) is 1. The molecule has 0 aliphatic carbocycles. The smallest absolute Gasteiger partial charge is 0.325 e. The van der Waals surface area contributed by atoms with Crippen molar-refractivity contribution in [3.8, 4) is 0 Å². The number of nitrogens with one attached hydrogen (secondary N) is 1. The number of carbonyl (C=O) groups is 3. The summed E-state index contributed by atoms with van der Waals surface area (Å²) in [7, 11) is 0. The van der Waals surface area contributed by atoms with E-state index in [1.807, 2.05) is 45.0 Å². The van der Waals surface area contributed by atoms with Gasteiger partial charge in [0.2, 0.25) is 5.91 Å². The topological polar surface area (TPSA) is 69.7 Å². The number of nitrogens with zero attached hydrogens (tertiary/aromatic N) is 2. The van der Waals surface area contributed by atoms with Crippen molar-refractivity contribution in [3.05, 3.63) is 47.5 Å². The average Bonchev–Trinajstić information content (AvgIpc) is 2.77. The summed E-state index contributed by atoms with van der Waals surface area (Å²) in [6, 6.07) is 6.86. The van der Waals surface area contributed by atoms with E-state index < -0.39 is 17.5 Å². The van der Waals surface area contributed by atoms with Crippen molar-refractivity contribution in [3.63, 3.8) is 0 Å². The Kier molecular flexibility index (Phi) is 5.30. The highest BCUT2D eigenvalue weighted by Gasteiger charge is 2.49. The van der Waals surface area contributed by atoms with Gasteiger partial charge < -0.3 is 10.2 Å². The third-order valence-electron chi connectivity index (χ3n) is 4.39. The highest BCUT2D eigenvalue weighted by Crippen LogP contribution is 2.29. The summed E-state index contributed by atoms with van der Waals surface area (Å²) in [5.74, 6) is -0.691. The van der Waals surface area contributed by atoms with Crippen molar-refractivity contribution in [1.82, 2.24) is 15.1 Å². The van der Waals surface area contributed by atoms with Crippen LogP contribution < -0.4 is 5.32 Å². The highest BCUT2D eigenvalue weighted by atomic mass is 16.2. The predicted octanol–water partition coefficient (Wildman–Crippen LogP) is 2.19. The van der Waals surface area contributed by atoms with E-state index in [9.17, 15) is 14.4 Å². The molecule has 1 aromatic rings. The van der Waals surface area contributed by atoms with Gasteiger partial charge in [0, 0.05) is 13.1 Å². The van der Waals surface area contributed by atoms with E-state index >= 15 is 0 Å². The van der Waals surface area contributed by atoms with Crippen LogP contribution in [0.1, 0.15) is 31.9 Å². The van der Waals surface area contributed by atoms with Crippen molar-refractivity contribution < 1.29 is 14.4 Å². The quantitative estimate of drug-likeness (QED) is 0.636. The van der Waals surface area contributed by atoms with Crippen LogP contribution in [0.15, 0.2) is 36.4 Å². The zero-order valence-electron chi connectivity index (χ0n) is 15.3. The Morgan fingerprint density at radius 1 is 1.28 bits per heavy atom. The third kappa shape index (κ3) is 3.73. The Morgan fingerprint density at radius 3 is 2.40 bits per heavy atom. The standard InChI is InChI=1S/C19H25N3O3/c1-6-21(11-13(2)3)16(23)12-22-17(24)19(5,20-18(22)25)15-9-7-14(4)8-10-15/h7-10H,2,6,11-12H2,1,3-5H3,(H,20,25). The molecular formula is C19H25N3O3. The second kappa shape index (κ2) is 7.09. The van der Waals surface area contributed by atoms with Crippen LogP contribution in [0.5, 0.6) is 0 Å². The highest BCUT2D eigenvalue weighted by molar-refractivity contribution is 6.09. The molecule has 25 heavy (non-hydrogen) atoms. The van der Waals surface area contributed by atoms with Gasteiger partial charge in [-0.3, -0.25) is 14.5 Å². The summed E-state index contributed by atoms with van der Waals surface area (Å²) in [6.45, 7) is 11.7. The maximum atomic E-state index is 12.8. The molecule has 1 heterocycles. The lowest BCUT2D eigenvalue weighted by molar-refractivity contribution is -0.138. The molecule has 1 aliphatic heterocycles. The van der Waals surface area contributed by atoms with Crippen LogP contribution in [-0.2, 0) is 15.1 Å². The second-order valence-electron chi connectivity index (χ2n) is 6.68. The lowest BCUT2D eigenvalue weighted by atomic mass is 9.91. The first-order valence-corrected chi connectivity index (χ1v) is 8.32. The Morgan fingerprint density at radius 2 is 1.88 bits per heavy atom. The van der Waals surface area contributed by atoms with Crippen molar-refractivity contribution >= 4 is 17.8 Å². The zero-order chi connectivity index (χ0) is 18.8. The van der Waals surface area contributed by atoms with E-state index in [0.29, 0.717) is 18.7 Å². The summed E-state index contributed by atoms with van der Waals surface area (Å²) in [6.07, 6.45) is 0. The number of imide groups is 1. The first kappa shape index (κ1) is 18.7. The van der Waals surface area contributed by atoms with Gasteiger partial charge in [-0.05, 0) is 33.3 Å². The van der Waals surface area contributed by atoms with Gasteiger partial charge in [0.1, 0.15) is 12.1 Å². The molecule has 1 aromatic carbocycles. The monoisotopic (exact) mass is 343 g/mol. The summed E-state index contributed by atoms with van der Waals surface area (Å²) in [5, 5.41) is 2.72. The number of urea groups is 1. The third-order valence-corrected chi connectivity index (χ3v) is 4.39. The van der Waals surface area contributed by atoms with Gasteiger partial charge in [0.15, 0.2) is 0 Å². The van der Waals surface area contributed by atoms with Crippen LogP contribution in [0, 0.1) is 6.92 Å². The minimum atomic E-state index is -1.16. The maximum absolute atomic E-state index is 12.8. The molecule has 1 unspecified atom stereocenters. The fourth-order valence-electron chi connectivity index (χ4n) is 2.86. The number of benzene rings is 1. The molecule has 6 heteroatoms. The van der Waals surface area contributed by atoms with Gasteiger partial charge in [-0.1, -0.05) is 42.0 Å².